The van der Waals surface area contributed by atoms with Crippen LogP contribution in [0.25, 0.3) is 0 Å². The van der Waals surface area contributed by atoms with Crippen LogP contribution in [0, 0.1) is 0 Å². The summed E-state index contributed by atoms with van der Waals surface area (Å²) in [6.45, 7) is 0.604. The van der Waals surface area contributed by atoms with E-state index in [1.807, 2.05) is 0 Å². The first-order valence-electron chi connectivity index (χ1n) is 6.58. The summed E-state index contributed by atoms with van der Waals surface area (Å²) in [6.07, 6.45) is 6.27. The zero-order valence-electron chi connectivity index (χ0n) is 11.9. The molecule has 0 saturated heterocycles. The Hall–Kier alpha value is -2.39. The third-order valence-corrected chi connectivity index (χ3v) is 2.73. The molecule has 1 heterocycles. The van der Waals surface area contributed by atoms with Crippen molar-refractivity contribution in [2.24, 2.45) is 11.5 Å². The molecule has 8 N–H and O–H groups in total. The van der Waals surface area contributed by atoms with Crippen LogP contribution in [0.4, 0.5) is 0 Å². The lowest BCUT2D eigenvalue weighted by molar-refractivity contribution is -0.141. The van der Waals surface area contributed by atoms with Crippen molar-refractivity contribution in [1.29, 1.82) is 0 Å². The molecule has 0 saturated carbocycles. The van der Waals surface area contributed by atoms with Gasteiger partial charge in [-0.05, 0) is 37.7 Å². The van der Waals surface area contributed by atoms with E-state index in [1.165, 1.54) is 18.4 Å². The molecule has 0 spiro atoms. The number of hydrogen-bond donors (Lipinski definition) is 6. The van der Waals surface area contributed by atoms with Gasteiger partial charge >= 0.3 is 17.9 Å². The predicted octanol–water partition coefficient (Wildman–Crippen LogP) is -0.905. The van der Waals surface area contributed by atoms with E-state index >= 15 is 0 Å². The predicted molar refractivity (Wildman–Crippen MR) is 77.9 cm³/mol. The first-order valence-corrected chi connectivity index (χ1v) is 6.58. The summed E-state index contributed by atoms with van der Waals surface area (Å²) in [6, 6.07) is -1.86. The van der Waals surface area contributed by atoms with E-state index in [2.05, 4.69) is 5.32 Å². The first kappa shape index (κ1) is 19.6. The van der Waals surface area contributed by atoms with E-state index in [4.69, 9.17) is 26.8 Å². The number of aliphatic carboxylic acids is 3. The molecule has 0 aromatic heterocycles. The molecule has 9 nitrogen and oxygen atoms in total. The molecule has 2 atom stereocenters. The molecule has 1 aliphatic heterocycles. The molecule has 124 valence electrons. The molecule has 0 bridgehead atoms. The molecular formula is C13H21N3O6. The molecule has 1 aliphatic rings. The Kier molecular flexibility index (Phi) is 9.23. The number of nitrogens with two attached hydrogens (primary N) is 2. The molecule has 1 rings (SSSR count). The summed E-state index contributed by atoms with van der Waals surface area (Å²) >= 11 is 0. The van der Waals surface area contributed by atoms with Gasteiger partial charge in [0, 0.05) is 0 Å². The second kappa shape index (κ2) is 10.4. The highest BCUT2D eigenvalue weighted by Gasteiger charge is 2.26. The Bertz CT molecular complexity index is 461. The van der Waals surface area contributed by atoms with Gasteiger partial charge in [-0.1, -0.05) is 6.42 Å². The van der Waals surface area contributed by atoms with Crippen molar-refractivity contribution >= 4 is 17.9 Å². The number of nitrogens with one attached hydrogen (secondary N) is 1. The van der Waals surface area contributed by atoms with E-state index in [0.29, 0.717) is 13.0 Å². The fourth-order valence-corrected chi connectivity index (χ4v) is 1.52. The van der Waals surface area contributed by atoms with Crippen LogP contribution in [0.1, 0.15) is 19.3 Å². The van der Waals surface area contributed by atoms with E-state index in [1.54, 1.807) is 0 Å². The second-order valence-corrected chi connectivity index (χ2v) is 4.45. The highest BCUT2D eigenvalue weighted by Crippen LogP contribution is 2.07. The zero-order valence-corrected chi connectivity index (χ0v) is 11.9. The minimum atomic E-state index is -1.22. The molecule has 0 aromatic carbocycles. The van der Waals surface area contributed by atoms with Crippen LogP contribution in [0.15, 0.2) is 23.9 Å². The third kappa shape index (κ3) is 7.41. The van der Waals surface area contributed by atoms with Crippen molar-refractivity contribution in [2.75, 3.05) is 6.54 Å². The van der Waals surface area contributed by atoms with Crippen LogP contribution in [-0.4, -0.2) is 51.9 Å². The van der Waals surface area contributed by atoms with Crippen molar-refractivity contribution in [1.82, 2.24) is 5.32 Å². The summed E-state index contributed by atoms with van der Waals surface area (Å²) in [5, 5.41) is 27.9. The number of unbranched alkanes of at least 4 members (excludes halogenated alkanes) is 1. The average molecular weight is 315 g/mol. The van der Waals surface area contributed by atoms with Crippen LogP contribution in [0.5, 0.6) is 0 Å². The van der Waals surface area contributed by atoms with Gasteiger partial charge in [-0.2, -0.15) is 0 Å². The number of carbonyl (C=O) groups is 3. The topological polar surface area (TPSA) is 176 Å². The number of allylic oxidation sites excluding steroid dienone is 2. The molecule has 0 radical (unpaired) electrons. The van der Waals surface area contributed by atoms with Crippen molar-refractivity contribution in [3.8, 4) is 0 Å². The van der Waals surface area contributed by atoms with Gasteiger partial charge in [0.2, 0.25) is 0 Å². The highest BCUT2D eigenvalue weighted by atomic mass is 16.4. The fourth-order valence-electron chi connectivity index (χ4n) is 1.52. The molecule has 0 fully saturated rings. The average Bonchev–Trinajstić information content (AvgIpc) is 2.47. The fraction of sp³-hybridized carbons (Fsp3) is 0.462. The van der Waals surface area contributed by atoms with Crippen LogP contribution >= 0.6 is 0 Å². The van der Waals surface area contributed by atoms with Gasteiger partial charge in [-0.3, -0.25) is 4.79 Å². The summed E-state index contributed by atoms with van der Waals surface area (Å²) in [4.78, 5) is 31.1. The number of carboxylic acids is 3. The first-order chi connectivity index (χ1) is 10.3. The van der Waals surface area contributed by atoms with E-state index in [9.17, 15) is 14.4 Å². The van der Waals surface area contributed by atoms with Crippen molar-refractivity contribution in [2.45, 2.75) is 31.3 Å². The normalized spacial score (nSPS) is 17.4. The standard InChI is InChI=1S/C7H7NO4.C6H14N2O2/c9-6(10)4-2-1-3-8-5(4)7(11)12;7-4-2-1-3-5(8)6(9)10/h1-3,5,8H,(H,9,10)(H,11,12);5H,1-4,7-8H2,(H,9,10). The van der Waals surface area contributed by atoms with Gasteiger partial charge in [0.25, 0.3) is 0 Å². The molecule has 22 heavy (non-hydrogen) atoms. The van der Waals surface area contributed by atoms with Gasteiger partial charge < -0.3 is 32.1 Å². The number of carboxylic acid groups (broad SMARTS) is 3. The summed E-state index contributed by atoms with van der Waals surface area (Å²) < 4.78 is 0. The summed E-state index contributed by atoms with van der Waals surface area (Å²) in [5.74, 6) is -3.36. The number of hydrogen-bond acceptors (Lipinski definition) is 6. The smallest absolute Gasteiger partial charge is 0.334 e. The third-order valence-electron chi connectivity index (χ3n) is 2.73. The maximum atomic E-state index is 10.5. The van der Waals surface area contributed by atoms with Crippen LogP contribution in [-0.2, 0) is 14.4 Å². The minimum absolute atomic E-state index is 0.162. The molecule has 2 unspecified atom stereocenters. The zero-order chi connectivity index (χ0) is 17.1. The Morgan fingerprint density at radius 2 is 1.86 bits per heavy atom. The minimum Gasteiger partial charge on any atom is -0.480 e. The molecule has 0 aromatic rings. The molecule has 0 aliphatic carbocycles. The SMILES string of the molecule is NCCCCC(N)C(=O)O.O=C(O)C1=CC=CNC1C(=O)O. The lowest BCUT2D eigenvalue weighted by Crippen LogP contribution is -2.39. The molecule has 9 heteroatoms. The summed E-state index contributed by atoms with van der Waals surface area (Å²) in [7, 11) is 0. The van der Waals surface area contributed by atoms with Crippen LogP contribution in [0.2, 0.25) is 0 Å². The summed E-state index contributed by atoms with van der Waals surface area (Å²) in [5.41, 5.74) is 10.3. The Morgan fingerprint density at radius 1 is 1.23 bits per heavy atom. The number of rotatable bonds is 7. The maximum absolute atomic E-state index is 10.5. The van der Waals surface area contributed by atoms with Crippen molar-refractivity contribution in [3.63, 3.8) is 0 Å². The van der Waals surface area contributed by atoms with Gasteiger partial charge in [0.15, 0.2) is 6.04 Å². The van der Waals surface area contributed by atoms with Crippen molar-refractivity contribution in [3.05, 3.63) is 23.9 Å². The molecular weight excluding hydrogens is 294 g/mol. The number of dihydropyridines is 1. The maximum Gasteiger partial charge on any atom is 0.334 e. The van der Waals surface area contributed by atoms with E-state index < -0.39 is 30.0 Å². The Morgan fingerprint density at radius 3 is 2.27 bits per heavy atom. The Balaban J connectivity index is 0.000000409. The van der Waals surface area contributed by atoms with E-state index in [0.717, 1.165) is 12.8 Å². The van der Waals surface area contributed by atoms with Gasteiger partial charge in [-0.25, -0.2) is 9.59 Å². The Labute approximate surface area is 127 Å². The van der Waals surface area contributed by atoms with Gasteiger partial charge in [0.1, 0.15) is 6.04 Å². The van der Waals surface area contributed by atoms with E-state index in [-0.39, 0.29) is 5.57 Å². The highest BCUT2D eigenvalue weighted by molar-refractivity contribution is 5.96. The van der Waals surface area contributed by atoms with Crippen LogP contribution in [0.3, 0.4) is 0 Å². The largest absolute Gasteiger partial charge is 0.480 e. The molecule has 0 amide bonds. The van der Waals surface area contributed by atoms with Crippen LogP contribution < -0.4 is 16.8 Å². The van der Waals surface area contributed by atoms with Gasteiger partial charge in [-0.15, -0.1) is 0 Å². The van der Waals surface area contributed by atoms with Gasteiger partial charge in [0.05, 0.1) is 5.57 Å². The second-order valence-electron chi connectivity index (χ2n) is 4.45. The monoisotopic (exact) mass is 315 g/mol. The lowest BCUT2D eigenvalue weighted by Gasteiger charge is -2.15. The quantitative estimate of drug-likeness (QED) is 0.325. The lowest BCUT2D eigenvalue weighted by atomic mass is 10.1. The van der Waals surface area contributed by atoms with Crippen molar-refractivity contribution < 1.29 is 29.7 Å².